The lowest BCUT2D eigenvalue weighted by Gasteiger charge is -2.28. The number of carbonyl (C=O) groups is 1. The van der Waals surface area contributed by atoms with Crippen LogP contribution in [0.4, 0.5) is 0 Å². The lowest BCUT2D eigenvalue weighted by atomic mass is 9.88. The second-order valence-electron chi connectivity index (χ2n) is 8.74. The third-order valence-electron chi connectivity index (χ3n) is 6.56. The van der Waals surface area contributed by atoms with Gasteiger partial charge in [-0.3, -0.25) is 4.79 Å². The van der Waals surface area contributed by atoms with Gasteiger partial charge < -0.3 is 14.6 Å². The molecule has 2 unspecified atom stereocenters. The van der Waals surface area contributed by atoms with Gasteiger partial charge in [0.15, 0.2) is 0 Å². The molecule has 164 valence electrons. The molecular weight excluding hydrogens is 402 g/mol. The molecule has 2 atom stereocenters. The van der Waals surface area contributed by atoms with Gasteiger partial charge in [0.05, 0.1) is 19.2 Å². The largest absolute Gasteiger partial charge is 0.485 e. The van der Waals surface area contributed by atoms with E-state index in [0.717, 1.165) is 53.8 Å². The number of aromatic nitrogens is 1. The zero-order valence-electron chi connectivity index (χ0n) is 18.2. The third kappa shape index (κ3) is 4.33. The second kappa shape index (κ2) is 8.65. The number of aliphatic carboxylic acids is 1. The Bertz CT molecular complexity index is 1120. The van der Waals surface area contributed by atoms with E-state index in [1.807, 2.05) is 18.2 Å². The Morgan fingerprint density at radius 2 is 1.94 bits per heavy atom. The first-order valence-corrected chi connectivity index (χ1v) is 11.2. The molecule has 2 heterocycles. The van der Waals surface area contributed by atoms with Gasteiger partial charge in [0.1, 0.15) is 11.9 Å². The van der Waals surface area contributed by atoms with Crippen molar-refractivity contribution in [3.8, 4) is 22.9 Å². The van der Waals surface area contributed by atoms with Gasteiger partial charge in [-0.15, -0.1) is 0 Å². The first-order valence-electron chi connectivity index (χ1n) is 11.2. The van der Waals surface area contributed by atoms with Crippen LogP contribution >= 0.6 is 0 Å². The monoisotopic (exact) mass is 429 g/mol. The zero-order valence-corrected chi connectivity index (χ0v) is 18.2. The molecule has 1 fully saturated rings. The molecule has 0 spiro atoms. The Balaban J connectivity index is 1.35. The molecule has 0 bridgehead atoms. The number of hydrogen-bond donors (Lipinski definition) is 1. The van der Waals surface area contributed by atoms with Gasteiger partial charge in [-0.2, -0.15) is 0 Å². The molecule has 5 rings (SSSR count). The minimum absolute atomic E-state index is 0.0103. The zero-order chi connectivity index (χ0) is 22.1. The van der Waals surface area contributed by atoms with Crippen LogP contribution in [0, 0.1) is 5.92 Å². The van der Waals surface area contributed by atoms with Crippen molar-refractivity contribution in [1.82, 2.24) is 4.98 Å². The highest BCUT2D eigenvalue weighted by Gasteiger charge is 2.34. The first kappa shape index (κ1) is 20.6. The Kier molecular flexibility index (Phi) is 5.56. The lowest BCUT2D eigenvalue weighted by Crippen LogP contribution is -2.16. The van der Waals surface area contributed by atoms with Crippen LogP contribution in [0.5, 0.6) is 11.6 Å². The molecule has 2 aromatic carbocycles. The standard InChI is InChI=1S/C27H27NO4/c1-31-26-4-2-3-23(28-26)18-7-9-19(10-8-18)24-14-13-20-11-12-21(15-25(20)32-24)22(16-27(29)30)17-5-6-17/h2-4,7-12,15,17,22,24H,5-6,13-14,16H2,1H3,(H,29,30). The van der Waals surface area contributed by atoms with Crippen LogP contribution < -0.4 is 9.47 Å². The second-order valence-corrected chi connectivity index (χ2v) is 8.74. The summed E-state index contributed by atoms with van der Waals surface area (Å²) in [7, 11) is 1.62. The summed E-state index contributed by atoms with van der Waals surface area (Å²) in [5.41, 5.74) is 5.34. The van der Waals surface area contributed by atoms with Crippen molar-refractivity contribution in [1.29, 1.82) is 0 Å². The van der Waals surface area contributed by atoms with Crippen LogP contribution in [0.25, 0.3) is 11.3 Å². The Labute approximate surface area is 188 Å². The average molecular weight is 430 g/mol. The summed E-state index contributed by atoms with van der Waals surface area (Å²) in [5, 5.41) is 9.34. The van der Waals surface area contributed by atoms with E-state index in [1.165, 1.54) is 5.56 Å². The minimum Gasteiger partial charge on any atom is -0.485 e. The molecule has 0 saturated heterocycles. The maximum atomic E-state index is 11.4. The number of methoxy groups -OCH3 is 1. The molecule has 1 N–H and O–H groups in total. The first-order chi connectivity index (χ1) is 15.6. The smallest absolute Gasteiger partial charge is 0.303 e. The number of nitrogens with zero attached hydrogens (tertiary/aromatic N) is 1. The molecule has 5 heteroatoms. The molecule has 32 heavy (non-hydrogen) atoms. The Hall–Kier alpha value is -3.34. The van der Waals surface area contributed by atoms with Crippen LogP contribution in [-0.4, -0.2) is 23.2 Å². The lowest BCUT2D eigenvalue weighted by molar-refractivity contribution is -0.137. The predicted octanol–water partition coefficient (Wildman–Crippen LogP) is 5.79. The average Bonchev–Trinajstić information content (AvgIpc) is 3.67. The summed E-state index contributed by atoms with van der Waals surface area (Å²) in [5.74, 6) is 1.33. The van der Waals surface area contributed by atoms with E-state index in [4.69, 9.17) is 9.47 Å². The number of pyridine rings is 1. The summed E-state index contributed by atoms with van der Waals surface area (Å²) in [6, 6.07) is 20.4. The molecule has 1 saturated carbocycles. The fourth-order valence-electron chi connectivity index (χ4n) is 4.65. The fraction of sp³-hybridized carbons (Fsp3) is 0.333. The number of hydrogen-bond acceptors (Lipinski definition) is 4. The van der Waals surface area contributed by atoms with Crippen molar-refractivity contribution in [3.05, 3.63) is 77.4 Å². The van der Waals surface area contributed by atoms with Crippen LogP contribution in [-0.2, 0) is 11.2 Å². The molecule has 1 aromatic heterocycles. The van der Waals surface area contributed by atoms with Crippen molar-refractivity contribution >= 4 is 5.97 Å². The van der Waals surface area contributed by atoms with E-state index < -0.39 is 5.97 Å². The molecule has 3 aromatic rings. The highest BCUT2D eigenvalue weighted by atomic mass is 16.5. The number of ether oxygens (including phenoxy) is 2. The summed E-state index contributed by atoms with van der Waals surface area (Å²) < 4.78 is 11.6. The molecule has 5 nitrogen and oxygen atoms in total. The van der Waals surface area contributed by atoms with Gasteiger partial charge in [-0.1, -0.05) is 42.5 Å². The molecule has 1 aliphatic carbocycles. The molecule has 1 aliphatic heterocycles. The number of carboxylic acids is 1. The normalized spacial score (nSPS) is 18.3. The highest BCUT2D eigenvalue weighted by molar-refractivity contribution is 5.68. The summed E-state index contributed by atoms with van der Waals surface area (Å²) in [6.07, 6.45) is 4.28. The van der Waals surface area contributed by atoms with Gasteiger partial charge in [0.25, 0.3) is 0 Å². The molecule has 0 amide bonds. The van der Waals surface area contributed by atoms with Gasteiger partial charge in [-0.25, -0.2) is 4.98 Å². The van der Waals surface area contributed by atoms with Crippen molar-refractivity contribution in [3.63, 3.8) is 0 Å². The number of aryl methyl sites for hydroxylation is 1. The van der Waals surface area contributed by atoms with Crippen LogP contribution in [0.2, 0.25) is 0 Å². The van der Waals surface area contributed by atoms with E-state index >= 15 is 0 Å². The van der Waals surface area contributed by atoms with Crippen molar-refractivity contribution in [2.24, 2.45) is 5.92 Å². The van der Waals surface area contributed by atoms with Crippen molar-refractivity contribution < 1.29 is 19.4 Å². The van der Waals surface area contributed by atoms with Gasteiger partial charge in [-0.05, 0) is 66.3 Å². The third-order valence-corrected chi connectivity index (χ3v) is 6.56. The van der Waals surface area contributed by atoms with E-state index in [0.29, 0.717) is 11.8 Å². The maximum absolute atomic E-state index is 11.4. The van der Waals surface area contributed by atoms with E-state index in [2.05, 4.69) is 47.4 Å². The number of fused-ring (bicyclic) bond motifs is 1. The molecule has 2 aliphatic rings. The predicted molar refractivity (Wildman–Crippen MR) is 122 cm³/mol. The molecule has 0 radical (unpaired) electrons. The Morgan fingerprint density at radius 1 is 1.12 bits per heavy atom. The summed E-state index contributed by atoms with van der Waals surface area (Å²) in [6.45, 7) is 0. The molecular formula is C27H27NO4. The summed E-state index contributed by atoms with van der Waals surface area (Å²) >= 11 is 0. The fourth-order valence-corrected chi connectivity index (χ4v) is 4.65. The van der Waals surface area contributed by atoms with Gasteiger partial charge in [0.2, 0.25) is 5.88 Å². The topological polar surface area (TPSA) is 68.7 Å². The van der Waals surface area contributed by atoms with Gasteiger partial charge in [0, 0.05) is 11.6 Å². The van der Waals surface area contributed by atoms with Crippen LogP contribution in [0.3, 0.4) is 0 Å². The van der Waals surface area contributed by atoms with E-state index in [-0.39, 0.29) is 18.4 Å². The van der Waals surface area contributed by atoms with Crippen LogP contribution in [0.1, 0.15) is 54.4 Å². The Morgan fingerprint density at radius 3 is 2.66 bits per heavy atom. The van der Waals surface area contributed by atoms with Gasteiger partial charge >= 0.3 is 5.97 Å². The van der Waals surface area contributed by atoms with E-state index in [9.17, 15) is 9.90 Å². The number of rotatable bonds is 7. The van der Waals surface area contributed by atoms with E-state index in [1.54, 1.807) is 7.11 Å². The minimum atomic E-state index is -0.732. The van der Waals surface area contributed by atoms with Crippen LogP contribution in [0.15, 0.2) is 60.7 Å². The summed E-state index contributed by atoms with van der Waals surface area (Å²) in [4.78, 5) is 15.9. The highest BCUT2D eigenvalue weighted by Crippen LogP contribution is 2.46. The SMILES string of the molecule is COc1cccc(-c2ccc(C3CCc4ccc(C(CC(=O)O)C5CC5)cc4O3)cc2)n1. The quantitative estimate of drug-likeness (QED) is 0.515. The number of benzene rings is 2. The van der Waals surface area contributed by atoms with Crippen molar-refractivity contribution in [2.75, 3.05) is 7.11 Å². The maximum Gasteiger partial charge on any atom is 0.303 e. The van der Waals surface area contributed by atoms with Crippen molar-refractivity contribution in [2.45, 2.75) is 44.1 Å². The number of carboxylic acid groups (broad SMARTS) is 1.